The Hall–Kier alpha value is -4.82. The van der Waals surface area contributed by atoms with Crippen LogP contribution in [0.4, 0.5) is 8.78 Å². The first kappa shape index (κ1) is 40.9. The smallest absolute Gasteiger partial charge is 0.289 e. The number of ketones is 1. The number of carbonyl (C=O) groups excluding carboxylic acids is 6. The zero-order valence-corrected chi connectivity index (χ0v) is 31.1. The number of carbonyl (C=O) groups is 6. The van der Waals surface area contributed by atoms with Gasteiger partial charge in [-0.25, -0.2) is 13.8 Å². The minimum atomic E-state index is -3.01. The third-order valence-electron chi connectivity index (χ3n) is 9.91. The number of likely N-dealkylation sites (tertiary alicyclic amines) is 1. The van der Waals surface area contributed by atoms with Gasteiger partial charge in [-0.15, -0.1) is 0 Å². The van der Waals surface area contributed by atoms with Crippen LogP contribution >= 0.6 is 0 Å². The molecular formula is C38H51F2N7O6. The highest BCUT2D eigenvalue weighted by Crippen LogP contribution is 2.43. The van der Waals surface area contributed by atoms with E-state index in [9.17, 15) is 37.5 Å². The maximum atomic E-state index is 14.5. The molecule has 1 saturated heterocycles. The quantitative estimate of drug-likeness (QED) is 0.202. The Labute approximate surface area is 308 Å². The summed E-state index contributed by atoms with van der Waals surface area (Å²) >= 11 is 0. The fraction of sp³-hybridized carbons (Fsp3) is 0.579. The van der Waals surface area contributed by atoms with Gasteiger partial charge in [-0.1, -0.05) is 71.4 Å². The molecule has 0 radical (unpaired) electrons. The van der Waals surface area contributed by atoms with E-state index in [0.29, 0.717) is 12.8 Å². The molecule has 4 rings (SSSR count). The predicted octanol–water partition coefficient (Wildman–Crippen LogP) is 2.85. The third-order valence-corrected chi connectivity index (χ3v) is 9.91. The number of hydrogen-bond donors (Lipinski definition) is 4. The molecule has 2 fully saturated rings. The van der Waals surface area contributed by atoms with Gasteiger partial charge in [0.15, 0.2) is 0 Å². The van der Waals surface area contributed by atoms with Gasteiger partial charge in [0.2, 0.25) is 29.9 Å². The van der Waals surface area contributed by atoms with E-state index in [2.05, 4.69) is 31.2 Å². The zero-order valence-electron chi connectivity index (χ0n) is 31.1. The summed E-state index contributed by atoms with van der Waals surface area (Å²) < 4.78 is 27.6. The highest BCUT2D eigenvalue weighted by Gasteiger charge is 2.52. The van der Waals surface area contributed by atoms with E-state index in [0.717, 1.165) is 18.4 Å². The second-order valence-corrected chi connectivity index (χ2v) is 15.5. The highest BCUT2D eigenvalue weighted by atomic mass is 19.3. The molecule has 1 aliphatic heterocycles. The summed E-state index contributed by atoms with van der Waals surface area (Å²) in [5.41, 5.74) is 0.0400. The molecule has 2 aromatic rings. The molecule has 1 aromatic heterocycles. The number of nitrogens with one attached hydrogen (secondary N) is 4. The first-order valence-electron chi connectivity index (χ1n) is 18.1. The molecule has 1 aliphatic carbocycles. The molecule has 3 unspecified atom stereocenters. The van der Waals surface area contributed by atoms with E-state index < -0.39 is 83.8 Å². The number of amides is 5. The molecule has 4 N–H and O–H groups in total. The summed E-state index contributed by atoms with van der Waals surface area (Å²) in [5, 5.41) is 10.4. The Morgan fingerprint density at radius 2 is 1.62 bits per heavy atom. The van der Waals surface area contributed by atoms with Crippen molar-refractivity contribution in [2.45, 2.75) is 110 Å². The van der Waals surface area contributed by atoms with Crippen molar-refractivity contribution < 1.29 is 37.5 Å². The number of fused-ring (bicyclic) bond motifs is 1. The van der Waals surface area contributed by atoms with Gasteiger partial charge in [-0.2, -0.15) is 0 Å². The summed E-state index contributed by atoms with van der Waals surface area (Å²) in [4.78, 5) is 90.6. The summed E-state index contributed by atoms with van der Waals surface area (Å²) in [7, 11) is 0. The first-order chi connectivity index (χ1) is 25.0. The number of Topliss-reactive ketones (excluding diaryl/α,β-unsaturated/α-hetero) is 1. The number of rotatable bonds is 15. The van der Waals surface area contributed by atoms with E-state index in [1.165, 1.54) is 23.5 Å². The average Bonchev–Trinajstić information content (AvgIpc) is 3.70. The van der Waals surface area contributed by atoms with Gasteiger partial charge in [0.05, 0.1) is 6.20 Å². The fourth-order valence-electron chi connectivity index (χ4n) is 7.22. The topological polar surface area (TPSA) is 180 Å². The Morgan fingerprint density at radius 3 is 2.23 bits per heavy atom. The number of benzene rings is 1. The predicted molar refractivity (Wildman–Crippen MR) is 191 cm³/mol. The summed E-state index contributed by atoms with van der Waals surface area (Å²) in [6.07, 6.45) is 2.43. The van der Waals surface area contributed by atoms with Crippen LogP contribution in [0.5, 0.6) is 0 Å². The van der Waals surface area contributed by atoms with E-state index >= 15 is 0 Å². The van der Waals surface area contributed by atoms with Crippen molar-refractivity contribution in [1.82, 2.24) is 36.1 Å². The van der Waals surface area contributed by atoms with Crippen LogP contribution in [-0.4, -0.2) is 93.4 Å². The molecule has 5 amide bonds. The van der Waals surface area contributed by atoms with E-state index in [4.69, 9.17) is 0 Å². The molecule has 1 aromatic carbocycles. The van der Waals surface area contributed by atoms with E-state index in [1.807, 2.05) is 30.3 Å². The number of nitrogens with zero attached hydrogens (tertiary/aromatic N) is 3. The minimum Gasteiger partial charge on any atom is -0.347 e. The van der Waals surface area contributed by atoms with Crippen molar-refractivity contribution in [1.29, 1.82) is 0 Å². The van der Waals surface area contributed by atoms with Crippen LogP contribution in [-0.2, 0) is 30.4 Å². The second kappa shape index (κ2) is 17.8. The summed E-state index contributed by atoms with van der Waals surface area (Å²) in [6, 6.07) is 3.55. The van der Waals surface area contributed by atoms with Gasteiger partial charge in [0.25, 0.3) is 11.8 Å². The van der Waals surface area contributed by atoms with Gasteiger partial charge < -0.3 is 26.2 Å². The molecule has 15 heteroatoms. The van der Waals surface area contributed by atoms with Crippen molar-refractivity contribution in [2.24, 2.45) is 23.2 Å². The van der Waals surface area contributed by atoms with Gasteiger partial charge >= 0.3 is 0 Å². The lowest BCUT2D eigenvalue weighted by atomic mass is 9.85. The second-order valence-electron chi connectivity index (χ2n) is 15.5. The van der Waals surface area contributed by atoms with Crippen LogP contribution in [0.1, 0.15) is 83.3 Å². The monoisotopic (exact) mass is 739 g/mol. The molecule has 53 heavy (non-hydrogen) atoms. The maximum Gasteiger partial charge on any atom is 0.289 e. The summed E-state index contributed by atoms with van der Waals surface area (Å²) in [6.45, 7) is 10.6. The Morgan fingerprint density at radius 1 is 0.925 bits per heavy atom. The standard InChI is InChI=1S/C38H51F2N7O6/c1-21(2)29(45-33(49)27-19-41-15-16-42-27)34(50)46-32(38(4,5)6)37(53)47-20-24-13-10-14-25(24)30(47)35(51)44-26(18-28(39)40)31(48)36(52)43-22(3)17-23-11-8-7-9-12-23/h7-9,11-12,15-16,19,21-22,24-26,28-30,32H,10,13-14,17-18,20H2,1-6H3,(H,43,52)(H,44,51)(H,45,49)(H,46,50)/t22-,24?,25?,26?,29-,30-,32+/m0/s1. The number of halogens is 2. The lowest BCUT2D eigenvalue weighted by molar-refractivity contribution is -0.146. The van der Waals surface area contributed by atoms with Crippen molar-refractivity contribution in [2.75, 3.05) is 6.54 Å². The fourth-order valence-corrected chi connectivity index (χ4v) is 7.22. The number of hydrogen-bond acceptors (Lipinski definition) is 8. The highest BCUT2D eigenvalue weighted by molar-refractivity contribution is 6.38. The van der Waals surface area contributed by atoms with Crippen molar-refractivity contribution in [3.05, 3.63) is 60.2 Å². The van der Waals surface area contributed by atoms with E-state index in [1.54, 1.807) is 41.5 Å². The van der Waals surface area contributed by atoms with Crippen LogP contribution in [0.25, 0.3) is 0 Å². The first-order valence-corrected chi connectivity index (χ1v) is 18.1. The lowest BCUT2D eigenvalue weighted by Gasteiger charge is -2.37. The van der Waals surface area contributed by atoms with Gasteiger partial charge in [-0.3, -0.25) is 33.8 Å². The van der Waals surface area contributed by atoms with Gasteiger partial charge in [0.1, 0.15) is 29.9 Å². The number of aromatic nitrogens is 2. The lowest BCUT2D eigenvalue weighted by Crippen LogP contribution is -2.62. The average molecular weight is 740 g/mol. The molecule has 288 valence electrons. The van der Waals surface area contributed by atoms with Crippen molar-refractivity contribution >= 4 is 35.3 Å². The molecule has 0 bridgehead atoms. The van der Waals surface area contributed by atoms with Crippen LogP contribution in [0.15, 0.2) is 48.9 Å². The Kier molecular flexibility index (Phi) is 13.8. The minimum absolute atomic E-state index is 0.00895. The SMILES string of the molecule is CC(C)[C@H](NC(=O)c1cnccn1)C(=O)N[C@H](C(=O)N1CC2CCCC2[C@H]1C(=O)NC(CC(F)F)C(=O)C(=O)N[C@@H](C)Cc1ccccc1)C(C)(C)C. The Bertz CT molecular complexity index is 1620. The Balaban J connectivity index is 1.52. The zero-order chi connectivity index (χ0) is 39.0. The van der Waals surface area contributed by atoms with Crippen LogP contribution in [0.3, 0.4) is 0 Å². The van der Waals surface area contributed by atoms with Gasteiger partial charge in [-0.05, 0) is 54.9 Å². The molecule has 2 aliphatic rings. The van der Waals surface area contributed by atoms with Crippen LogP contribution in [0.2, 0.25) is 0 Å². The van der Waals surface area contributed by atoms with Crippen molar-refractivity contribution in [3.63, 3.8) is 0 Å². The molecule has 1 saturated carbocycles. The molecule has 0 spiro atoms. The maximum absolute atomic E-state index is 14.5. The molecule has 2 heterocycles. The van der Waals surface area contributed by atoms with Gasteiger partial charge in [0, 0.05) is 31.4 Å². The van der Waals surface area contributed by atoms with Crippen molar-refractivity contribution in [3.8, 4) is 0 Å². The molecular weight excluding hydrogens is 688 g/mol. The number of alkyl halides is 2. The van der Waals surface area contributed by atoms with E-state index in [-0.39, 0.29) is 30.0 Å². The largest absolute Gasteiger partial charge is 0.347 e. The van der Waals surface area contributed by atoms with Crippen LogP contribution in [0, 0.1) is 23.2 Å². The molecule has 7 atom stereocenters. The normalized spacial score (nSPS) is 20.6. The summed E-state index contributed by atoms with van der Waals surface area (Å²) in [5.74, 6) is -5.69. The van der Waals surface area contributed by atoms with Crippen LogP contribution < -0.4 is 21.3 Å². The third kappa shape index (κ3) is 10.6. The molecule has 13 nitrogen and oxygen atoms in total.